The molecule has 0 bridgehead atoms. The maximum atomic E-state index is 13.5. The molecule has 4 nitrogen and oxygen atoms in total. The Morgan fingerprint density at radius 3 is 2.39 bits per heavy atom. The first-order chi connectivity index (χ1) is 13.7. The first-order valence-electron chi connectivity index (χ1n) is 9.36. The quantitative estimate of drug-likeness (QED) is 0.678. The number of nitriles is 1. The van der Waals surface area contributed by atoms with Gasteiger partial charge in [-0.1, -0.05) is 54.6 Å². The van der Waals surface area contributed by atoms with E-state index >= 15 is 0 Å². The van der Waals surface area contributed by atoms with Crippen LogP contribution in [0.25, 0.3) is 11.1 Å². The summed E-state index contributed by atoms with van der Waals surface area (Å²) in [7, 11) is 2.06. The summed E-state index contributed by atoms with van der Waals surface area (Å²) in [6.07, 6.45) is 0. The molecule has 0 aromatic heterocycles. The summed E-state index contributed by atoms with van der Waals surface area (Å²) in [4.78, 5) is 17.6. The van der Waals surface area contributed by atoms with E-state index in [1.165, 1.54) is 5.69 Å². The van der Waals surface area contributed by atoms with Gasteiger partial charge < -0.3 is 9.80 Å². The van der Waals surface area contributed by atoms with Crippen LogP contribution in [0, 0.1) is 11.3 Å². The molecule has 1 heterocycles. The van der Waals surface area contributed by atoms with Crippen molar-refractivity contribution >= 4 is 11.6 Å². The molecule has 0 atom stereocenters. The molecule has 0 fully saturated rings. The molecule has 1 aliphatic heterocycles. The summed E-state index contributed by atoms with van der Waals surface area (Å²) in [6, 6.07) is 25.4. The van der Waals surface area contributed by atoms with Crippen LogP contribution in [0.5, 0.6) is 0 Å². The van der Waals surface area contributed by atoms with E-state index < -0.39 is 0 Å². The van der Waals surface area contributed by atoms with Crippen molar-refractivity contribution in [2.75, 3.05) is 25.0 Å². The largest absolute Gasteiger partial charge is 0.373 e. The van der Waals surface area contributed by atoms with Crippen LogP contribution in [0.2, 0.25) is 0 Å². The minimum Gasteiger partial charge on any atom is -0.373 e. The van der Waals surface area contributed by atoms with Gasteiger partial charge in [-0.05, 0) is 29.3 Å². The summed E-state index contributed by atoms with van der Waals surface area (Å²) in [5.41, 5.74) is 5.11. The standard InChI is InChI=1S/C24H21N3O/c1-26-14-15-27(17-19-9-3-7-13-23(19)26)24(28)22-12-6-5-11-21(22)20-10-4-2-8-18(20)16-25/h2-13H,14-15,17H2,1H3. The second-order valence-corrected chi connectivity index (χ2v) is 6.98. The third-order valence-electron chi connectivity index (χ3n) is 5.25. The number of hydrogen-bond donors (Lipinski definition) is 0. The van der Waals surface area contributed by atoms with Gasteiger partial charge in [0.15, 0.2) is 0 Å². The number of nitrogens with zero attached hydrogens (tertiary/aromatic N) is 3. The molecule has 0 unspecified atom stereocenters. The van der Waals surface area contributed by atoms with E-state index in [9.17, 15) is 10.1 Å². The molecule has 0 N–H and O–H groups in total. The van der Waals surface area contributed by atoms with E-state index in [1.54, 1.807) is 6.07 Å². The van der Waals surface area contributed by atoms with Crippen LogP contribution in [0.4, 0.5) is 5.69 Å². The maximum absolute atomic E-state index is 13.5. The normalized spacial score (nSPS) is 13.4. The molecule has 4 heteroatoms. The van der Waals surface area contributed by atoms with E-state index in [0.29, 0.717) is 24.2 Å². The molecule has 28 heavy (non-hydrogen) atoms. The van der Waals surface area contributed by atoms with Crippen LogP contribution in [0.3, 0.4) is 0 Å². The van der Waals surface area contributed by atoms with Gasteiger partial charge in [-0.25, -0.2) is 0 Å². The molecule has 1 amide bonds. The van der Waals surface area contributed by atoms with Crippen molar-refractivity contribution in [2.24, 2.45) is 0 Å². The molecule has 138 valence electrons. The molecule has 1 aliphatic rings. The Morgan fingerprint density at radius 2 is 1.57 bits per heavy atom. The van der Waals surface area contributed by atoms with Gasteiger partial charge in [0.05, 0.1) is 11.6 Å². The maximum Gasteiger partial charge on any atom is 0.254 e. The summed E-state index contributed by atoms with van der Waals surface area (Å²) >= 11 is 0. The van der Waals surface area contributed by atoms with Crippen molar-refractivity contribution in [3.63, 3.8) is 0 Å². The lowest BCUT2D eigenvalue weighted by Crippen LogP contribution is -2.34. The van der Waals surface area contributed by atoms with Crippen molar-refractivity contribution < 1.29 is 4.79 Å². The highest BCUT2D eigenvalue weighted by molar-refractivity contribution is 6.01. The Balaban J connectivity index is 1.73. The molecular weight excluding hydrogens is 346 g/mol. The minimum atomic E-state index is -0.00607. The monoisotopic (exact) mass is 367 g/mol. The lowest BCUT2D eigenvalue weighted by Gasteiger charge is -2.22. The summed E-state index contributed by atoms with van der Waals surface area (Å²) in [5.74, 6) is -0.00607. The Hall–Kier alpha value is -3.58. The summed E-state index contributed by atoms with van der Waals surface area (Å²) in [5, 5.41) is 9.48. The van der Waals surface area contributed by atoms with Crippen molar-refractivity contribution in [3.05, 3.63) is 89.5 Å². The molecule has 0 saturated heterocycles. The lowest BCUT2D eigenvalue weighted by atomic mass is 9.95. The number of amides is 1. The van der Waals surface area contributed by atoms with E-state index in [4.69, 9.17) is 0 Å². The fourth-order valence-corrected chi connectivity index (χ4v) is 3.76. The van der Waals surface area contributed by atoms with Gasteiger partial charge in [-0.2, -0.15) is 5.26 Å². The Kier molecular flexibility index (Phi) is 4.82. The Morgan fingerprint density at radius 1 is 0.893 bits per heavy atom. The highest BCUT2D eigenvalue weighted by Crippen LogP contribution is 2.30. The van der Waals surface area contributed by atoms with Gasteiger partial charge >= 0.3 is 0 Å². The number of carbonyl (C=O) groups is 1. The number of fused-ring (bicyclic) bond motifs is 1. The predicted octanol–water partition coefficient (Wildman–Crippen LogP) is 4.32. The fraction of sp³-hybridized carbons (Fsp3) is 0.167. The first-order valence-corrected chi connectivity index (χ1v) is 9.36. The lowest BCUT2D eigenvalue weighted by molar-refractivity contribution is 0.0752. The highest BCUT2D eigenvalue weighted by Gasteiger charge is 2.24. The minimum absolute atomic E-state index is 0.00607. The molecule has 3 aromatic rings. The molecule has 0 saturated carbocycles. The van der Waals surface area contributed by atoms with Crippen molar-refractivity contribution in [1.29, 1.82) is 5.26 Å². The number of anilines is 1. The van der Waals surface area contributed by atoms with E-state index in [-0.39, 0.29) is 5.91 Å². The van der Waals surface area contributed by atoms with Crippen LogP contribution in [-0.4, -0.2) is 30.9 Å². The van der Waals surface area contributed by atoms with Gasteiger partial charge in [0, 0.05) is 43.5 Å². The third kappa shape index (κ3) is 3.23. The van der Waals surface area contributed by atoms with Crippen LogP contribution < -0.4 is 4.90 Å². The molecule has 0 radical (unpaired) electrons. The zero-order valence-electron chi connectivity index (χ0n) is 15.8. The van der Waals surface area contributed by atoms with Crippen LogP contribution in [0.15, 0.2) is 72.8 Å². The van der Waals surface area contributed by atoms with Gasteiger partial charge in [0.2, 0.25) is 0 Å². The van der Waals surface area contributed by atoms with Crippen LogP contribution in [-0.2, 0) is 6.54 Å². The van der Waals surface area contributed by atoms with E-state index in [1.807, 2.05) is 59.5 Å². The van der Waals surface area contributed by atoms with Gasteiger partial charge in [0.25, 0.3) is 5.91 Å². The van der Waals surface area contributed by atoms with E-state index in [0.717, 1.165) is 23.2 Å². The number of carbonyl (C=O) groups excluding carboxylic acids is 1. The molecule has 4 rings (SSSR count). The highest BCUT2D eigenvalue weighted by atomic mass is 16.2. The topological polar surface area (TPSA) is 47.3 Å². The smallest absolute Gasteiger partial charge is 0.254 e. The average Bonchev–Trinajstić information content (AvgIpc) is 2.92. The van der Waals surface area contributed by atoms with Gasteiger partial charge in [-0.15, -0.1) is 0 Å². The Labute approximate surface area is 165 Å². The number of likely N-dealkylation sites (N-methyl/N-ethyl adjacent to an activating group) is 1. The first kappa shape index (κ1) is 17.8. The fourth-order valence-electron chi connectivity index (χ4n) is 3.76. The SMILES string of the molecule is CN1CCN(C(=O)c2ccccc2-c2ccccc2C#N)Cc2ccccc21. The number of benzene rings is 3. The zero-order valence-corrected chi connectivity index (χ0v) is 15.8. The summed E-state index contributed by atoms with van der Waals surface area (Å²) < 4.78 is 0. The van der Waals surface area contributed by atoms with Crippen molar-refractivity contribution in [1.82, 2.24) is 4.90 Å². The Bertz CT molecular complexity index is 1070. The zero-order chi connectivity index (χ0) is 19.5. The summed E-state index contributed by atoms with van der Waals surface area (Å²) in [6.45, 7) is 2.01. The number of para-hydroxylation sites is 1. The van der Waals surface area contributed by atoms with Gasteiger partial charge in [0.1, 0.15) is 0 Å². The van der Waals surface area contributed by atoms with Crippen molar-refractivity contribution in [2.45, 2.75) is 6.54 Å². The molecular formula is C24H21N3O. The molecule has 0 aliphatic carbocycles. The number of hydrogen-bond acceptors (Lipinski definition) is 3. The van der Waals surface area contributed by atoms with Gasteiger partial charge in [-0.3, -0.25) is 4.79 Å². The number of rotatable bonds is 2. The van der Waals surface area contributed by atoms with Crippen LogP contribution >= 0.6 is 0 Å². The average molecular weight is 367 g/mol. The van der Waals surface area contributed by atoms with Crippen LogP contribution in [0.1, 0.15) is 21.5 Å². The molecule has 0 spiro atoms. The predicted molar refractivity (Wildman–Crippen MR) is 111 cm³/mol. The third-order valence-corrected chi connectivity index (χ3v) is 5.25. The second-order valence-electron chi connectivity index (χ2n) is 6.98. The molecule has 3 aromatic carbocycles. The van der Waals surface area contributed by atoms with E-state index in [2.05, 4.69) is 30.1 Å². The second kappa shape index (κ2) is 7.58. The van der Waals surface area contributed by atoms with Crippen molar-refractivity contribution in [3.8, 4) is 17.2 Å².